The number of hydrogen-bond donors (Lipinski definition) is 1. The van der Waals surface area contributed by atoms with Gasteiger partial charge in [0.05, 0.1) is 5.56 Å². The summed E-state index contributed by atoms with van der Waals surface area (Å²) < 4.78 is 27.7. The number of benzene rings is 2. The highest BCUT2D eigenvalue weighted by Crippen LogP contribution is 2.21. The van der Waals surface area contributed by atoms with Gasteiger partial charge >= 0.3 is 0 Å². The van der Waals surface area contributed by atoms with Crippen LogP contribution in [0.4, 0.5) is 14.5 Å². The van der Waals surface area contributed by atoms with Gasteiger partial charge in [-0.25, -0.2) is 8.78 Å². The number of aryl methyl sites for hydroxylation is 1. The van der Waals surface area contributed by atoms with Crippen LogP contribution < -0.4 is 10.8 Å². The molecule has 0 aliphatic carbocycles. The Morgan fingerprint density at radius 3 is 2.50 bits per heavy atom. The summed E-state index contributed by atoms with van der Waals surface area (Å²) in [5, 5.41) is 2.44. The first kappa shape index (κ1) is 14.7. The molecule has 2 aromatic carbocycles. The molecule has 2 radical (unpaired) electrons. The Hall–Kier alpha value is -1.69. The van der Waals surface area contributed by atoms with Crippen molar-refractivity contribution in [2.24, 2.45) is 0 Å². The third kappa shape index (κ3) is 3.07. The average molecular weight is 336 g/mol. The highest BCUT2D eigenvalue weighted by Gasteiger charge is 2.16. The Labute approximate surface area is 124 Å². The Morgan fingerprint density at radius 1 is 1.20 bits per heavy atom. The molecule has 0 aliphatic rings. The Bertz CT molecular complexity index is 668. The van der Waals surface area contributed by atoms with Crippen LogP contribution in [0.5, 0.6) is 0 Å². The van der Waals surface area contributed by atoms with Crippen molar-refractivity contribution in [3.05, 3.63) is 57.6 Å². The van der Waals surface area contributed by atoms with E-state index in [0.717, 1.165) is 6.07 Å². The van der Waals surface area contributed by atoms with Gasteiger partial charge in [-0.1, -0.05) is 27.5 Å². The zero-order valence-corrected chi connectivity index (χ0v) is 12.1. The van der Waals surface area contributed by atoms with Crippen LogP contribution in [0.3, 0.4) is 0 Å². The molecular weight excluding hydrogens is 327 g/mol. The van der Waals surface area contributed by atoms with Crippen LogP contribution in [0.1, 0.15) is 15.9 Å². The minimum absolute atomic E-state index is 0.0194. The van der Waals surface area contributed by atoms with Crippen molar-refractivity contribution in [1.29, 1.82) is 0 Å². The van der Waals surface area contributed by atoms with E-state index in [1.165, 1.54) is 18.2 Å². The minimum Gasteiger partial charge on any atom is -0.322 e. The molecule has 0 saturated heterocycles. The Kier molecular flexibility index (Phi) is 4.23. The van der Waals surface area contributed by atoms with Crippen molar-refractivity contribution < 1.29 is 13.6 Å². The molecule has 0 heterocycles. The molecule has 0 aliphatic heterocycles. The summed E-state index contributed by atoms with van der Waals surface area (Å²) in [6, 6.07) is 6.69. The fourth-order valence-electron chi connectivity index (χ4n) is 1.79. The molecule has 0 spiro atoms. The van der Waals surface area contributed by atoms with Crippen molar-refractivity contribution >= 4 is 40.8 Å². The van der Waals surface area contributed by atoms with Gasteiger partial charge in [0, 0.05) is 10.2 Å². The normalized spacial score (nSPS) is 10.4. The average Bonchev–Trinajstić information content (AvgIpc) is 2.32. The van der Waals surface area contributed by atoms with Crippen molar-refractivity contribution in [3.8, 4) is 0 Å². The summed E-state index contributed by atoms with van der Waals surface area (Å²) in [5.41, 5.74) is 0.591. The van der Waals surface area contributed by atoms with Gasteiger partial charge in [-0.15, -0.1) is 0 Å². The lowest BCUT2D eigenvalue weighted by molar-refractivity contribution is 0.102. The van der Waals surface area contributed by atoms with Crippen molar-refractivity contribution in [3.63, 3.8) is 0 Å². The van der Waals surface area contributed by atoms with Gasteiger partial charge in [0.2, 0.25) is 0 Å². The molecular formula is C14H9BBrF2NO. The molecule has 0 saturated carbocycles. The second kappa shape index (κ2) is 5.75. The zero-order valence-electron chi connectivity index (χ0n) is 10.5. The first-order valence-corrected chi connectivity index (χ1v) is 6.50. The molecule has 0 atom stereocenters. The lowest BCUT2D eigenvalue weighted by Gasteiger charge is -2.10. The van der Waals surface area contributed by atoms with Crippen molar-refractivity contribution in [2.45, 2.75) is 6.92 Å². The van der Waals surface area contributed by atoms with E-state index in [9.17, 15) is 13.6 Å². The van der Waals surface area contributed by atoms with E-state index >= 15 is 0 Å². The molecule has 100 valence electrons. The molecule has 0 aromatic heterocycles. The number of hydrogen-bond acceptors (Lipinski definition) is 1. The van der Waals surface area contributed by atoms with Crippen molar-refractivity contribution in [2.75, 3.05) is 5.32 Å². The second-order valence-electron chi connectivity index (χ2n) is 4.27. The molecule has 6 heteroatoms. The lowest BCUT2D eigenvalue weighted by atomic mass is 9.95. The van der Waals surface area contributed by atoms with Crippen LogP contribution in [0, 0.1) is 18.6 Å². The summed E-state index contributed by atoms with van der Waals surface area (Å²) >= 11 is 3.15. The van der Waals surface area contributed by atoms with Gasteiger partial charge in [0.15, 0.2) is 0 Å². The minimum atomic E-state index is -0.648. The lowest BCUT2D eigenvalue weighted by Crippen LogP contribution is -2.17. The van der Waals surface area contributed by atoms with E-state index in [-0.39, 0.29) is 16.7 Å². The fraction of sp³-hybridized carbons (Fsp3) is 0.0714. The monoisotopic (exact) mass is 335 g/mol. The second-order valence-corrected chi connectivity index (χ2v) is 5.19. The number of amides is 1. The molecule has 2 nitrogen and oxygen atoms in total. The fourth-order valence-corrected chi connectivity index (χ4v) is 2.33. The topological polar surface area (TPSA) is 29.1 Å². The number of carbonyl (C=O) groups excluding carboxylic acids is 1. The highest BCUT2D eigenvalue weighted by atomic mass is 79.9. The van der Waals surface area contributed by atoms with Crippen LogP contribution in [-0.4, -0.2) is 13.8 Å². The summed E-state index contributed by atoms with van der Waals surface area (Å²) in [6.45, 7) is 1.62. The first-order valence-electron chi connectivity index (χ1n) is 5.70. The quantitative estimate of drug-likeness (QED) is 0.840. The zero-order chi connectivity index (χ0) is 14.9. The van der Waals surface area contributed by atoms with Gasteiger partial charge in [-0.3, -0.25) is 4.79 Å². The third-order valence-electron chi connectivity index (χ3n) is 2.74. The van der Waals surface area contributed by atoms with Crippen molar-refractivity contribution in [1.82, 2.24) is 0 Å². The smallest absolute Gasteiger partial charge is 0.258 e. The summed E-state index contributed by atoms with van der Waals surface area (Å²) in [6.07, 6.45) is 0. The number of halogens is 3. The van der Waals surface area contributed by atoms with E-state index in [4.69, 9.17) is 7.85 Å². The molecule has 0 bridgehead atoms. The maximum absolute atomic E-state index is 13.8. The van der Waals surface area contributed by atoms with Crippen LogP contribution in [0.15, 0.2) is 34.8 Å². The van der Waals surface area contributed by atoms with E-state index in [1.807, 2.05) is 0 Å². The summed E-state index contributed by atoms with van der Waals surface area (Å²) in [5.74, 6) is -1.93. The van der Waals surface area contributed by atoms with E-state index in [0.29, 0.717) is 10.0 Å². The third-order valence-corrected chi connectivity index (χ3v) is 3.20. The first-order chi connectivity index (χ1) is 9.38. The van der Waals surface area contributed by atoms with Gasteiger partial charge in [0.25, 0.3) is 5.91 Å². The number of anilines is 1. The molecule has 1 amide bonds. The predicted molar refractivity (Wildman–Crippen MR) is 78.6 cm³/mol. The Balaban J connectivity index is 2.31. The molecule has 2 aromatic rings. The maximum atomic E-state index is 13.8. The van der Waals surface area contributed by atoms with Gasteiger partial charge in [-0.2, -0.15) is 0 Å². The number of carbonyl (C=O) groups is 1. The van der Waals surface area contributed by atoms with Crippen LogP contribution in [0.2, 0.25) is 0 Å². The molecule has 1 N–H and O–H groups in total. The molecule has 0 fully saturated rings. The van der Waals surface area contributed by atoms with Crippen LogP contribution >= 0.6 is 15.9 Å². The SMILES string of the molecule is [B]c1ccc(NC(=O)c2c(C)cc(Br)cc2F)cc1F. The molecule has 20 heavy (non-hydrogen) atoms. The maximum Gasteiger partial charge on any atom is 0.258 e. The summed E-state index contributed by atoms with van der Waals surface area (Å²) in [7, 11) is 5.34. The molecule has 2 rings (SSSR count). The predicted octanol–water partition coefficient (Wildman–Crippen LogP) is 3.08. The largest absolute Gasteiger partial charge is 0.322 e. The van der Waals surface area contributed by atoms with E-state index in [1.54, 1.807) is 13.0 Å². The van der Waals surface area contributed by atoms with Crippen LogP contribution in [0.25, 0.3) is 0 Å². The number of nitrogens with one attached hydrogen (secondary N) is 1. The standard InChI is InChI=1S/C14H9BBrF2NO/c1-7-4-8(16)5-12(18)13(7)14(20)19-9-2-3-10(15)11(17)6-9/h2-6H,1H3,(H,19,20). The van der Waals surface area contributed by atoms with Gasteiger partial charge in [-0.05, 0) is 36.8 Å². The van der Waals surface area contributed by atoms with Crippen LogP contribution in [-0.2, 0) is 0 Å². The van der Waals surface area contributed by atoms with E-state index < -0.39 is 17.5 Å². The highest BCUT2D eigenvalue weighted by molar-refractivity contribution is 9.10. The van der Waals surface area contributed by atoms with E-state index in [2.05, 4.69) is 21.2 Å². The Morgan fingerprint density at radius 2 is 1.90 bits per heavy atom. The van der Waals surface area contributed by atoms with Gasteiger partial charge in [0.1, 0.15) is 19.5 Å². The summed E-state index contributed by atoms with van der Waals surface area (Å²) in [4.78, 5) is 12.0. The molecule has 0 unspecified atom stereocenters. The number of rotatable bonds is 2. The van der Waals surface area contributed by atoms with Gasteiger partial charge < -0.3 is 5.32 Å².